The van der Waals surface area contributed by atoms with Gasteiger partial charge in [0.25, 0.3) is 5.91 Å². The Balaban J connectivity index is 1.42. The smallest absolute Gasteiger partial charge is 0.255 e. The highest BCUT2D eigenvalue weighted by atomic mass is 32.2. The van der Waals surface area contributed by atoms with Crippen LogP contribution in [0.15, 0.2) is 83.9 Å². The third kappa shape index (κ3) is 5.13. The van der Waals surface area contributed by atoms with Crippen molar-refractivity contribution in [2.24, 2.45) is 0 Å². The molecule has 0 radical (unpaired) electrons. The fourth-order valence-corrected chi connectivity index (χ4v) is 4.72. The van der Waals surface area contributed by atoms with E-state index in [-0.39, 0.29) is 5.91 Å². The van der Waals surface area contributed by atoms with Crippen LogP contribution in [-0.4, -0.2) is 20.7 Å². The van der Waals surface area contributed by atoms with Crippen LogP contribution in [0.4, 0.5) is 5.69 Å². The fraction of sp³-hybridized carbons (Fsp3) is 0.125. The molecule has 0 aliphatic carbocycles. The molecule has 0 aliphatic heterocycles. The van der Waals surface area contributed by atoms with Crippen molar-refractivity contribution >= 4 is 34.7 Å². The maximum absolute atomic E-state index is 12.5. The van der Waals surface area contributed by atoms with Crippen molar-refractivity contribution in [1.29, 1.82) is 0 Å². The highest BCUT2D eigenvalue weighted by molar-refractivity contribution is 7.98. The van der Waals surface area contributed by atoms with Crippen molar-refractivity contribution in [3.63, 3.8) is 0 Å². The van der Waals surface area contributed by atoms with E-state index >= 15 is 0 Å². The first-order valence-electron chi connectivity index (χ1n) is 9.82. The van der Waals surface area contributed by atoms with Crippen molar-refractivity contribution in [1.82, 2.24) is 14.8 Å². The van der Waals surface area contributed by atoms with Crippen molar-refractivity contribution in [3.8, 4) is 10.7 Å². The molecule has 2 aromatic heterocycles. The van der Waals surface area contributed by atoms with Crippen LogP contribution < -0.4 is 5.32 Å². The van der Waals surface area contributed by atoms with E-state index in [9.17, 15) is 4.79 Å². The van der Waals surface area contributed by atoms with E-state index in [4.69, 9.17) is 0 Å². The molecule has 2 aromatic carbocycles. The molecule has 1 amide bonds. The first kappa shape index (κ1) is 21.1. The monoisotopic (exact) mass is 446 g/mol. The summed E-state index contributed by atoms with van der Waals surface area (Å²) in [7, 11) is 0. The van der Waals surface area contributed by atoms with Crippen molar-refractivity contribution in [3.05, 3.63) is 95.4 Å². The summed E-state index contributed by atoms with van der Waals surface area (Å²) in [6.07, 6.45) is 1.85. The maximum atomic E-state index is 12.5. The highest BCUT2D eigenvalue weighted by Gasteiger charge is 2.14. The van der Waals surface area contributed by atoms with E-state index in [0.29, 0.717) is 12.1 Å². The number of nitrogens with one attached hydrogen (secondary N) is 1. The Morgan fingerprint density at radius 3 is 2.71 bits per heavy atom. The van der Waals surface area contributed by atoms with E-state index in [1.807, 2.05) is 79.0 Å². The Labute approximate surface area is 189 Å². The summed E-state index contributed by atoms with van der Waals surface area (Å²) < 4.78 is 2.08. The number of carbonyl (C=O) groups is 1. The Kier molecular flexibility index (Phi) is 6.64. The molecule has 7 heteroatoms. The van der Waals surface area contributed by atoms with Gasteiger partial charge in [-0.05, 0) is 53.8 Å². The van der Waals surface area contributed by atoms with E-state index in [2.05, 4.69) is 26.7 Å². The summed E-state index contributed by atoms with van der Waals surface area (Å²) in [6.45, 7) is 6.51. The predicted octanol–water partition coefficient (Wildman–Crippen LogP) is 6.05. The van der Waals surface area contributed by atoms with Crippen molar-refractivity contribution in [2.75, 3.05) is 5.32 Å². The zero-order valence-corrected chi connectivity index (χ0v) is 18.7. The van der Waals surface area contributed by atoms with Crippen LogP contribution in [0.2, 0.25) is 0 Å². The van der Waals surface area contributed by atoms with Gasteiger partial charge >= 0.3 is 0 Å². The van der Waals surface area contributed by atoms with Gasteiger partial charge in [-0.1, -0.05) is 48.2 Å². The number of rotatable bonds is 8. The Morgan fingerprint density at radius 2 is 2.00 bits per heavy atom. The number of aromatic nitrogens is 3. The second kappa shape index (κ2) is 9.76. The number of aryl methyl sites for hydroxylation is 1. The summed E-state index contributed by atoms with van der Waals surface area (Å²) in [5.74, 6) is 1.48. The molecule has 0 bridgehead atoms. The lowest BCUT2D eigenvalue weighted by Gasteiger charge is -2.08. The number of hydrogen-bond acceptors (Lipinski definition) is 5. The number of carbonyl (C=O) groups excluding carboxylic acids is 1. The predicted molar refractivity (Wildman–Crippen MR) is 129 cm³/mol. The fourth-order valence-electron chi connectivity index (χ4n) is 3.10. The van der Waals surface area contributed by atoms with Gasteiger partial charge in [0.1, 0.15) is 0 Å². The van der Waals surface area contributed by atoms with Gasteiger partial charge < -0.3 is 5.32 Å². The second-order valence-corrected chi connectivity index (χ2v) is 8.88. The Hall–Kier alpha value is -3.16. The van der Waals surface area contributed by atoms with Gasteiger partial charge in [0.05, 0.1) is 4.88 Å². The zero-order valence-electron chi connectivity index (χ0n) is 17.1. The maximum Gasteiger partial charge on any atom is 0.255 e. The Morgan fingerprint density at radius 1 is 1.16 bits per heavy atom. The summed E-state index contributed by atoms with van der Waals surface area (Å²) in [5, 5.41) is 14.6. The molecule has 31 heavy (non-hydrogen) atoms. The van der Waals surface area contributed by atoms with Crippen LogP contribution in [0.5, 0.6) is 0 Å². The van der Waals surface area contributed by atoms with Crippen LogP contribution in [0.3, 0.4) is 0 Å². The molecule has 0 saturated carbocycles. The van der Waals surface area contributed by atoms with Gasteiger partial charge in [0, 0.05) is 23.5 Å². The number of anilines is 1. The molecule has 0 saturated heterocycles. The largest absolute Gasteiger partial charge is 0.322 e. The van der Waals surface area contributed by atoms with E-state index in [1.165, 1.54) is 0 Å². The molecule has 1 N–H and O–H groups in total. The quantitative estimate of drug-likeness (QED) is 0.265. The van der Waals surface area contributed by atoms with Crippen LogP contribution >= 0.6 is 23.1 Å². The number of hydrogen-bond donors (Lipinski definition) is 1. The average molecular weight is 447 g/mol. The molecule has 0 unspecified atom stereocenters. The normalized spacial score (nSPS) is 10.7. The van der Waals surface area contributed by atoms with E-state index in [0.717, 1.165) is 38.4 Å². The van der Waals surface area contributed by atoms with Gasteiger partial charge in [-0.25, -0.2) is 0 Å². The number of thiophene rings is 1. The van der Waals surface area contributed by atoms with Gasteiger partial charge in [0.15, 0.2) is 11.0 Å². The van der Waals surface area contributed by atoms with Crippen LogP contribution in [0.25, 0.3) is 10.7 Å². The average Bonchev–Trinajstić information content (AvgIpc) is 3.43. The zero-order chi connectivity index (χ0) is 21.6. The van der Waals surface area contributed by atoms with Gasteiger partial charge in [0.2, 0.25) is 0 Å². The van der Waals surface area contributed by atoms with Crippen molar-refractivity contribution in [2.45, 2.75) is 24.4 Å². The third-order valence-corrected chi connectivity index (χ3v) is 6.53. The summed E-state index contributed by atoms with van der Waals surface area (Å²) in [5.41, 5.74) is 3.65. The molecule has 0 spiro atoms. The first-order chi connectivity index (χ1) is 15.1. The molecule has 0 fully saturated rings. The number of benzene rings is 2. The van der Waals surface area contributed by atoms with Crippen LogP contribution in [0, 0.1) is 6.92 Å². The third-order valence-electron chi connectivity index (χ3n) is 4.63. The minimum Gasteiger partial charge on any atom is -0.322 e. The lowest BCUT2D eigenvalue weighted by molar-refractivity contribution is 0.102. The number of amides is 1. The standard InChI is InChI=1S/C24H22N4OS2/c1-3-13-28-22(21-8-5-14-30-21)26-27-24(28)31-16-18-9-11-19(12-10-18)23(29)25-20-7-4-6-17(2)15-20/h3-12,14-15H,1,13,16H2,2H3,(H,25,29). The lowest BCUT2D eigenvalue weighted by atomic mass is 10.1. The second-order valence-electron chi connectivity index (χ2n) is 6.99. The molecule has 0 atom stereocenters. The van der Waals surface area contributed by atoms with Crippen molar-refractivity contribution < 1.29 is 4.79 Å². The molecule has 0 aliphatic rings. The van der Waals surface area contributed by atoms with E-state index < -0.39 is 0 Å². The van der Waals surface area contributed by atoms with E-state index in [1.54, 1.807) is 23.1 Å². The van der Waals surface area contributed by atoms with Gasteiger partial charge in [-0.2, -0.15) is 0 Å². The number of thioether (sulfide) groups is 1. The van der Waals surface area contributed by atoms with Crippen LogP contribution in [0.1, 0.15) is 21.5 Å². The molecule has 4 aromatic rings. The highest BCUT2D eigenvalue weighted by Crippen LogP contribution is 2.29. The summed E-state index contributed by atoms with van der Waals surface area (Å²) >= 11 is 3.27. The minimum absolute atomic E-state index is 0.115. The molecule has 2 heterocycles. The van der Waals surface area contributed by atoms with Gasteiger partial charge in [-0.15, -0.1) is 28.1 Å². The van der Waals surface area contributed by atoms with Crippen LogP contribution in [-0.2, 0) is 12.3 Å². The summed E-state index contributed by atoms with van der Waals surface area (Å²) in [4.78, 5) is 13.6. The molecule has 5 nitrogen and oxygen atoms in total. The Bertz CT molecular complexity index is 1180. The first-order valence-corrected chi connectivity index (χ1v) is 11.7. The SMILES string of the molecule is C=CCn1c(SCc2ccc(C(=O)Nc3cccc(C)c3)cc2)nnc1-c1cccs1. The topological polar surface area (TPSA) is 59.8 Å². The van der Waals surface area contributed by atoms with Gasteiger partial charge in [-0.3, -0.25) is 9.36 Å². The molecular formula is C24H22N4OS2. The number of allylic oxidation sites excluding steroid dienone is 1. The molecule has 156 valence electrons. The minimum atomic E-state index is -0.115. The summed E-state index contributed by atoms with van der Waals surface area (Å²) in [6, 6.07) is 19.5. The lowest BCUT2D eigenvalue weighted by Crippen LogP contribution is -2.11. The number of nitrogens with zero attached hydrogens (tertiary/aromatic N) is 3. The molecular weight excluding hydrogens is 424 g/mol. The molecule has 4 rings (SSSR count).